The van der Waals surface area contributed by atoms with Crippen LogP contribution in [0, 0.1) is 17.0 Å². The van der Waals surface area contributed by atoms with Crippen LogP contribution >= 0.6 is 0 Å². The Balaban J connectivity index is 2.29. The number of pyridine rings is 1. The quantitative estimate of drug-likeness (QED) is 0.289. The standard InChI is InChI=1S/C14H23N3O5/c1-4-21-14(22-5-2)10-20-9-8-15-13-7-6-12(17(18)19)11(3)16-13/h6-7,14H,4-5,8-10H2,1-3H3,(H,15,16). The van der Waals surface area contributed by atoms with Crippen molar-refractivity contribution in [3.63, 3.8) is 0 Å². The number of nitrogens with one attached hydrogen (secondary N) is 1. The van der Waals surface area contributed by atoms with Gasteiger partial charge in [0.15, 0.2) is 6.29 Å². The van der Waals surface area contributed by atoms with E-state index in [1.807, 2.05) is 13.8 Å². The average molecular weight is 313 g/mol. The van der Waals surface area contributed by atoms with Gasteiger partial charge in [-0.2, -0.15) is 0 Å². The lowest BCUT2D eigenvalue weighted by atomic mass is 10.3. The maximum Gasteiger partial charge on any atom is 0.290 e. The van der Waals surface area contributed by atoms with E-state index in [2.05, 4.69) is 10.3 Å². The molecule has 124 valence electrons. The summed E-state index contributed by atoms with van der Waals surface area (Å²) in [6, 6.07) is 3.01. The first-order valence-electron chi connectivity index (χ1n) is 7.25. The molecule has 0 aliphatic rings. The van der Waals surface area contributed by atoms with E-state index >= 15 is 0 Å². The SMILES string of the molecule is CCOC(COCCNc1ccc([N+](=O)[O-])c(C)n1)OCC. The van der Waals surface area contributed by atoms with E-state index in [0.29, 0.717) is 44.5 Å². The van der Waals surface area contributed by atoms with Crippen LogP contribution in [0.25, 0.3) is 0 Å². The smallest absolute Gasteiger partial charge is 0.290 e. The number of nitro groups is 1. The van der Waals surface area contributed by atoms with Gasteiger partial charge in [-0.05, 0) is 26.8 Å². The molecule has 8 heteroatoms. The van der Waals surface area contributed by atoms with E-state index in [9.17, 15) is 10.1 Å². The van der Waals surface area contributed by atoms with Crippen molar-refractivity contribution in [2.45, 2.75) is 27.1 Å². The molecule has 0 fully saturated rings. The molecule has 0 aliphatic carbocycles. The molecule has 0 aromatic carbocycles. The first-order valence-corrected chi connectivity index (χ1v) is 7.25. The van der Waals surface area contributed by atoms with E-state index < -0.39 is 4.92 Å². The Bertz CT molecular complexity index is 464. The minimum Gasteiger partial charge on any atom is -0.374 e. The number of ether oxygens (including phenoxy) is 3. The summed E-state index contributed by atoms with van der Waals surface area (Å²) in [5, 5.41) is 13.8. The Morgan fingerprint density at radius 2 is 2.00 bits per heavy atom. The lowest BCUT2D eigenvalue weighted by Crippen LogP contribution is -2.25. The van der Waals surface area contributed by atoms with Gasteiger partial charge in [0.2, 0.25) is 0 Å². The number of nitrogens with zero attached hydrogens (tertiary/aromatic N) is 2. The highest BCUT2D eigenvalue weighted by atomic mass is 16.7. The molecule has 1 aromatic heterocycles. The van der Waals surface area contributed by atoms with Crippen molar-refractivity contribution in [3.8, 4) is 0 Å². The molecule has 0 aliphatic heterocycles. The highest BCUT2D eigenvalue weighted by Crippen LogP contribution is 2.17. The highest BCUT2D eigenvalue weighted by Gasteiger charge is 2.11. The molecule has 0 radical (unpaired) electrons. The lowest BCUT2D eigenvalue weighted by molar-refractivity contribution is -0.385. The number of aryl methyl sites for hydroxylation is 1. The van der Waals surface area contributed by atoms with Crippen molar-refractivity contribution >= 4 is 11.5 Å². The zero-order valence-corrected chi connectivity index (χ0v) is 13.2. The molecule has 8 nitrogen and oxygen atoms in total. The van der Waals surface area contributed by atoms with Gasteiger partial charge in [0.1, 0.15) is 11.5 Å². The van der Waals surface area contributed by atoms with E-state index in [4.69, 9.17) is 14.2 Å². The predicted octanol–water partition coefficient (Wildman–Crippen LogP) is 2.13. The van der Waals surface area contributed by atoms with Crippen molar-refractivity contribution in [2.24, 2.45) is 0 Å². The molecule has 22 heavy (non-hydrogen) atoms. The molecule has 1 rings (SSSR count). The summed E-state index contributed by atoms with van der Waals surface area (Å²) < 4.78 is 16.2. The van der Waals surface area contributed by atoms with Gasteiger partial charge in [-0.1, -0.05) is 0 Å². The van der Waals surface area contributed by atoms with E-state index in [1.54, 1.807) is 13.0 Å². The van der Waals surface area contributed by atoms with Crippen LogP contribution in [0.2, 0.25) is 0 Å². The first-order chi connectivity index (χ1) is 10.6. The largest absolute Gasteiger partial charge is 0.374 e. The summed E-state index contributed by atoms with van der Waals surface area (Å²) in [4.78, 5) is 14.4. The van der Waals surface area contributed by atoms with E-state index in [-0.39, 0.29) is 12.0 Å². The van der Waals surface area contributed by atoms with Gasteiger partial charge in [0.05, 0.1) is 18.1 Å². The molecular formula is C14H23N3O5. The third-order valence-corrected chi connectivity index (χ3v) is 2.77. The highest BCUT2D eigenvalue weighted by molar-refractivity contribution is 5.44. The summed E-state index contributed by atoms with van der Waals surface area (Å²) in [6.45, 7) is 7.89. The minimum atomic E-state index is -0.448. The van der Waals surface area contributed by atoms with Crippen molar-refractivity contribution in [3.05, 3.63) is 27.9 Å². The summed E-state index contributed by atoms with van der Waals surface area (Å²) in [5.74, 6) is 0.581. The maximum atomic E-state index is 10.7. The van der Waals surface area contributed by atoms with Crippen LogP contribution in [0.3, 0.4) is 0 Å². The fraction of sp³-hybridized carbons (Fsp3) is 0.643. The molecule has 0 atom stereocenters. The van der Waals surface area contributed by atoms with Gasteiger partial charge in [-0.3, -0.25) is 10.1 Å². The molecule has 0 amide bonds. The zero-order valence-electron chi connectivity index (χ0n) is 13.2. The second-order valence-electron chi connectivity index (χ2n) is 4.40. The van der Waals surface area contributed by atoms with Crippen LogP contribution in [-0.2, 0) is 14.2 Å². The Kier molecular flexibility index (Phi) is 8.34. The van der Waals surface area contributed by atoms with Crippen molar-refractivity contribution in [1.82, 2.24) is 4.98 Å². The van der Waals surface area contributed by atoms with Gasteiger partial charge in [0.25, 0.3) is 5.69 Å². The van der Waals surface area contributed by atoms with Gasteiger partial charge in [-0.25, -0.2) is 4.98 Å². The Hall–Kier alpha value is -1.77. The summed E-state index contributed by atoms with van der Waals surface area (Å²) in [7, 11) is 0. The second-order valence-corrected chi connectivity index (χ2v) is 4.40. The maximum absolute atomic E-state index is 10.7. The molecule has 0 saturated heterocycles. The van der Waals surface area contributed by atoms with E-state index in [1.165, 1.54) is 6.07 Å². The fourth-order valence-electron chi connectivity index (χ4n) is 1.79. The lowest BCUT2D eigenvalue weighted by Gasteiger charge is -2.17. The molecule has 0 bridgehead atoms. The third-order valence-electron chi connectivity index (χ3n) is 2.77. The van der Waals surface area contributed by atoms with Gasteiger partial charge >= 0.3 is 0 Å². The molecule has 1 heterocycles. The van der Waals surface area contributed by atoms with Crippen LogP contribution in [0.4, 0.5) is 11.5 Å². The van der Waals surface area contributed by atoms with Crippen LogP contribution in [0.15, 0.2) is 12.1 Å². The first kappa shape index (κ1) is 18.3. The number of hydrogen-bond donors (Lipinski definition) is 1. The summed E-state index contributed by atoms with van der Waals surface area (Å²) >= 11 is 0. The van der Waals surface area contributed by atoms with Crippen molar-refractivity contribution < 1.29 is 19.1 Å². The van der Waals surface area contributed by atoms with Crippen molar-refractivity contribution in [2.75, 3.05) is 38.3 Å². The van der Waals surface area contributed by atoms with Crippen LogP contribution in [0.5, 0.6) is 0 Å². The number of hydrogen-bond acceptors (Lipinski definition) is 7. The van der Waals surface area contributed by atoms with Crippen molar-refractivity contribution in [1.29, 1.82) is 0 Å². The molecule has 0 saturated carbocycles. The Labute approximate surface area is 129 Å². The molecule has 0 spiro atoms. The zero-order chi connectivity index (χ0) is 16.4. The number of aromatic nitrogens is 1. The molecular weight excluding hydrogens is 290 g/mol. The Morgan fingerprint density at radius 3 is 2.55 bits per heavy atom. The summed E-state index contributed by atoms with van der Waals surface area (Å²) in [5.41, 5.74) is 0.391. The summed E-state index contributed by atoms with van der Waals surface area (Å²) in [6.07, 6.45) is -0.352. The minimum absolute atomic E-state index is 0.0121. The monoisotopic (exact) mass is 313 g/mol. The van der Waals surface area contributed by atoms with Gasteiger partial charge in [-0.15, -0.1) is 0 Å². The topological polar surface area (TPSA) is 95.8 Å². The normalized spacial score (nSPS) is 10.9. The number of anilines is 1. The fourth-order valence-corrected chi connectivity index (χ4v) is 1.79. The number of rotatable bonds is 11. The predicted molar refractivity (Wildman–Crippen MR) is 82.0 cm³/mol. The van der Waals surface area contributed by atoms with E-state index in [0.717, 1.165) is 0 Å². The average Bonchev–Trinajstić information content (AvgIpc) is 2.47. The third kappa shape index (κ3) is 6.33. The molecule has 0 unspecified atom stereocenters. The van der Waals surface area contributed by atoms with Gasteiger partial charge in [0, 0.05) is 25.8 Å². The molecule has 1 aromatic rings. The second kappa shape index (κ2) is 10.0. The van der Waals surface area contributed by atoms with Crippen LogP contribution in [-0.4, -0.2) is 49.2 Å². The molecule has 1 N–H and O–H groups in total. The van der Waals surface area contributed by atoms with Gasteiger partial charge < -0.3 is 19.5 Å². The Morgan fingerprint density at radius 1 is 1.32 bits per heavy atom. The van der Waals surface area contributed by atoms with Crippen LogP contribution < -0.4 is 5.32 Å². The van der Waals surface area contributed by atoms with Crippen LogP contribution in [0.1, 0.15) is 19.5 Å².